The van der Waals surface area contributed by atoms with E-state index in [-0.39, 0.29) is 17.6 Å². The van der Waals surface area contributed by atoms with Crippen LogP contribution >= 0.6 is 0 Å². The Labute approximate surface area is 121 Å². The fourth-order valence-electron chi connectivity index (χ4n) is 2.11. The van der Waals surface area contributed by atoms with E-state index in [4.69, 9.17) is 0 Å². The van der Waals surface area contributed by atoms with Crippen molar-refractivity contribution in [3.63, 3.8) is 0 Å². The second-order valence-electron chi connectivity index (χ2n) is 4.83. The first-order valence-corrected chi connectivity index (χ1v) is 6.52. The van der Waals surface area contributed by atoms with Gasteiger partial charge in [0.1, 0.15) is 11.6 Å². The highest BCUT2D eigenvalue weighted by Crippen LogP contribution is 2.24. The van der Waals surface area contributed by atoms with Gasteiger partial charge in [-0.3, -0.25) is 0 Å². The lowest BCUT2D eigenvalue weighted by Crippen LogP contribution is -2.08. The quantitative estimate of drug-likeness (QED) is 0.846. The molecule has 1 N–H and O–H groups in total. The van der Waals surface area contributed by atoms with Crippen molar-refractivity contribution >= 4 is 5.69 Å². The number of anilines is 1. The Balaban J connectivity index is 2.14. The molecule has 2 nitrogen and oxygen atoms in total. The maximum atomic E-state index is 13.3. The third kappa shape index (κ3) is 4.41. The van der Waals surface area contributed by atoms with Crippen LogP contribution in [-0.4, -0.2) is 6.61 Å². The molecule has 0 saturated carbocycles. The molecule has 0 heterocycles. The topological polar surface area (TPSA) is 21.3 Å². The van der Waals surface area contributed by atoms with Crippen LogP contribution in [0.15, 0.2) is 42.5 Å². The number of rotatable bonds is 5. The van der Waals surface area contributed by atoms with E-state index in [1.54, 1.807) is 19.1 Å². The molecule has 0 amide bonds. The summed E-state index contributed by atoms with van der Waals surface area (Å²) in [6.07, 6.45) is 0. The average Bonchev–Trinajstić information content (AvgIpc) is 2.36. The summed E-state index contributed by atoms with van der Waals surface area (Å²) in [5.41, 5.74) is 2.22. The minimum atomic E-state index is -2.85. The van der Waals surface area contributed by atoms with Gasteiger partial charge in [0.05, 0.1) is 0 Å². The number of aryl methyl sites for hydroxylation is 1. The van der Waals surface area contributed by atoms with Crippen molar-refractivity contribution in [2.24, 2.45) is 0 Å². The smallest absolute Gasteiger partial charge is 0.387 e. The number of benzene rings is 2. The molecule has 2 aromatic carbocycles. The zero-order valence-electron chi connectivity index (χ0n) is 11.7. The van der Waals surface area contributed by atoms with Crippen LogP contribution in [0.25, 0.3) is 0 Å². The predicted octanol–water partition coefficient (Wildman–Crippen LogP) is 4.91. The van der Waals surface area contributed by atoms with Gasteiger partial charge >= 0.3 is 6.61 Å². The van der Waals surface area contributed by atoms with Gasteiger partial charge in [0.2, 0.25) is 0 Å². The molecular weight excluding hydrogens is 279 g/mol. The third-order valence-electron chi connectivity index (χ3n) is 3.01. The minimum absolute atomic E-state index is 0.103. The summed E-state index contributed by atoms with van der Waals surface area (Å²) in [5, 5.41) is 3.14. The molecule has 0 aliphatic heterocycles. The number of hydrogen-bond acceptors (Lipinski definition) is 2. The molecule has 2 aromatic rings. The Bertz CT molecular complexity index is 596. The number of hydrogen-bond donors (Lipinski definition) is 1. The van der Waals surface area contributed by atoms with Gasteiger partial charge in [-0.2, -0.15) is 8.78 Å². The fraction of sp³-hybridized carbons (Fsp3) is 0.250. The summed E-state index contributed by atoms with van der Waals surface area (Å²) in [6, 6.07) is 10.9. The number of ether oxygens (including phenoxy) is 1. The Morgan fingerprint density at radius 1 is 1.10 bits per heavy atom. The Kier molecular flexibility index (Phi) is 4.73. The molecule has 0 bridgehead atoms. The Hall–Kier alpha value is -2.17. The summed E-state index contributed by atoms with van der Waals surface area (Å²) >= 11 is 0. The van der Waals surface area contributed by atoms with Crippen molar-refractivity contribution in [1.29, 1.82) is 0 Å². The van der Waals surface area contributed by atoms with Crippen molar-refractivity contribution < 1.29 is 17.9 Å². The zero-order valence-corrected chi connectivity index (χ0v) is 11.7. The maximum absolute atomic E-state index is 13.3. The Morgan fingerprint density at radius 2 is 1.86 bits per heavy atom. The van der Waals surface area contributed by atoms with Crippen molar-refractivity contribution in [3.8, 4) is 5.75 Å². The van der Waals surface area contributed by atoms with Gasteiger partial charge < -0.3 is 10.1 Å². The van der Waals surface area contributed by atoms with Gasteiger partial charge in [-0.15, -0.1) is 0 Å². The summed E-state index contributed by atoms with van der Waals surface area (Å²) in [7, 11) is 0. The molecular formula is C16H16F3NO. The summed E-state index contributed by atoms with van der Waals surface area (Å²) < 4.78 is 42.1. The van der Waals surface area contributed by atoms with Crippen LogP contribution in [0.5, 0.6) is 5.75 Å². The lowest BCUT2D eigenvalue weighted by Gasteiger charge is -2.17. The normalized spacial score (nSPS) is 12.3. The van der Waals surface area contributed by atoms with Crippen LogP contribution in [0.1, 0.15) is 24.1 Å². The lowest BCUT2D eigenvalue weighted by atomic mass is 10.1. The highest BCUT2D eigenvalue weighted by atomic mass is 19.3. The molecule has 0 radical (unpaired) electrons. The van der Waals surface area contributed by atoms with E-state index in [9.17, 15) is 13.2 Å². The van der Waals surface area contributed by atoms with E-state index in [0.717, 1.165) is 11.1 Å². The zero-order chi connectivity index (χ0) is 15.4. The van der Waals surface area contributed by atoms with Crippen molar-refractivity contribution in [2.75, 3.05) is 5.32 Å². The molecule has 0 aliphatic carbocycles. The highest BCUT2D eigenvalue weighted by Gasteiger charge is 2.10. The number of halogens is 3. The van der Waals surface area contributed by atoms with Crippen molar-refractivity contribution in [3.05, 3.63) is 59.4 Å². The van der Waals surface area contributed by atoms with Crippen LogP contribution in [0.2, 0.25) is 0 Å². The van der Waals surface area contributed by atoms with Crippen molar-refractivity contribution in [2.45, 2.75) is 26.5 Å². The van der Waals surface area contributed by atoms with Gasteiger partial charge in [-0.25, -0.2) is 4.39 Å². The third-order valence-corrected chi connectivity index (χ3v) is 3.01. The molecule has 0 fully saturated rings. The molecule has 112 valence electrons. The first kappa shape index (κ1) is 15.2. The average molecular weight is 295 g/mol. The molecule has 0 aliphatic rings. The number of nitrogens with one attached hydrogen (secondary N) is 1. The monoisotopic (exact) mass is 295 g/mol. The highest BCUT2D eigenvalue weighted by molar-refractivity contribution is 5.48. The molecule has 21 heavy (non-hydrogen) atoms. The van der Waals surface area contributed by atoms with Crippen molar-refractivity contribution in [1.82, 2.24) is 0 Å². The molecule has 1 unspecified atom stereocenters. The minimum Gasteiger partial charge on any atom is -0.435 e. The van der Waals surface area contributed by atoms with E-state index < -0.39 is 6.61 Å². The van der Waals surface area contributed by atoms with Gasteiger partial charge in [-0.05, 0) is 55.3 Å². The fourth-order valence-corrected chi connectivity index (χ4v) is 2.11. The van der Waals surface area contributed by atoms with E-state index in [0.29, 0.717) is 5.69 Å². The predicted molar refractivity (Wildman–Crippen MR) is 76.2 cm³/mol. The first-order valence-electron chi connectivity index (χ1n) is 6.52. The maximum Gasteiger partial charge on any atom is 0.387 e. The SMILES string of the molecule is Cc1cc(F)cc(NC(C)c2cccc(OC(F)F)c2)c1. The van der Waals surface area contributed by atoms with E-state index in [2.05, 4.69) is 10.1 Å². The largest absolute Gasteiger partial charge is 0.435 e. The van der Waals surface area contributed by atoms with Crippen LogP contribution in [0.4, 0.5) is 18.9 Å². The van der Waals surface area contributed by atoms with Crippen LogP contribution in [-0.2, 0) is 0 Å². The lowest BCUT2D eigenvalue weighted by molar-refractivity contribution is -0.0498. The standard InChI is InChI=1S/C16H16F3NO/c1-10-6-13(17)9-14(7-10)20-11(2)12-4-3-5-15(8-12)21-16(18)19/h3-9,11,16,20H,1-2H3. The van der Waals surface area contributed by atoms with E-state index >= 15 is 0 Å². The second-order valence-corrected chi connectivity index (χ2v) is 4.83. The van der Waals surface area contributed by atoms with Crippen LogP contribution in [0.3, 0.4) is 0 Å². The molecule has 0 aromatic heterocycles. The molecule has 5 heteroatoms. The molecule has 2 rings (SSSR count). The number of alkyl halides is 2. The van der Waals surface area contributed by atoms with E-state index in [1.807, 2.05) is 13.0 Å². The van der Waals surface area contributed by atoms with Gasteiger partial charge in [0.25, 0.3) is 0 Å². The van der Waals surface area contributed by atoms with Gasteiger partial charge in [0, 0.05) is 11.7 Å². The van der Waals surface area contributed by atoms with Gasteiger partial charge in [0.15, 0.2) is 0 Å². The van der Waals surface area contributed by atoms with Crippen LogP contribution in [0, 0.1) is 12.7 Å². The Morgan fingerprint density at radius 3 is 2.52 bits per heavy atom. The second kappa shape index (κ2) is 6.52. The first-order chi connectivity index (χ1) is 9.94. The molecule has 0 spiro atoms. The van der Waals surface area contributed by atoms with E-state index in [1.165, 1.54) is 24.3 Å². The summed E-state index contributed by atoms with van der Waals surface area (Å²) in [5.74, 6) is -0.217. The summed E-state index contributed by atoms with van der Waals surface area (Å²) in [4.78, 5) is 0. The van der Waals surface area contributed by atoms with Crippen LogP contribution < -0.4 is 10.1 Å². The molecule has 1 atom stereocenters. The molecule has 0 saturated heterocycles. The summed E-state index contributed by atoms with van der Waals surface area (Å²) in [6.45, 7) is 0.812. The van der Waals surface area contributed by atoms with Gasteiger partial charge in [-0.1, -0.05) is 12.1 Å².